The summed E-state index contributed by atoms with van der Waals surface area (Å²) >= 11 is 0. The smallest absolute Gasteiger partial charge is 0.234 e. The second-order valence-electron chi connectivity index (χ2n) is 3.97. The topological polar surface area (TPSA) is 58.4 Å². The van der Waals surface area contributed by atoms with E-state index in [0.29, 0.717) is 25.3 Å². The lowest BCUT2D eigenvalue weighted by Gasteiger charge is -2.17. The highest BCUT2D eigenvalue weighted by molar-refractivity contribution is 5.77. The Balaban J connectivity index is 2.55. The zero-order valence-electron chi connectivity index (χ0n) is 10.2. The number of likely N-dealkylation sites (N-methyl/N-ethyl adjacent to an activating group) is 2. The molecule has 17 heavy (non-hydrogen) atoms. The Hall–Kier alpha value is -1.62. The lowest BCUT2D eigenvalue weighted by Crippen LogP contribution is -2.34. The molecule has 1 rings (SSSR count). The number of hydrogen-bond donors (Lipinski definition) is 2. The Kier molecular flexibility index (Phi) is 4.90. The van der Waals surface area contributed by atoms with Gasteiger partial charge in [-0.25, -0.2) is 4.39 Å². The molecule has 0 heterocycles. The van der Waals surface area contributed by atoms with Crippen molar-refractivity contribution in [1.82, 2.24) is 10.2 Å². The van der Waals surface area contributed by atoms with E-state index in [9.17, 15) is 9.18 Å². The maximum Gasteiger partial charge on any atom is 0.234 e. The Morgan fingerprint density at radius 2 is 2.24 bits per heavy atom. The van der Waals surface area contributed by atoms with Crippen molar-refractivity contribution >= 4 is 11.6 Å². The molecular formula is C12H18FN3O. The number of carbonyl (C=O) groups is 1. The summed E-state index contributed by atoms with van der Waals surface area (Å²) < 4.78 is 12.8. The first-order valence-corrected chi connectivity index (χ1v) is 5.52. The van der Waals surface area contributed by atoms with Crippen LogP contribution in [0.25, 0.3) is 0 Å². The Morgan fingerprint density at radius 3 is 2.82 bits per heavy atom. The van der Waals surface area contributed by atoms with Crippen LogP contribution < -0.4 is 11.1 Å². The molecule has 0 fully saturated rings. The minimum atomic E-state index is -0.349. The molecule has 3 N–H and O–H groups in total. The predicted octanol–water partition coefficient (Wildman–Crippen LogP) is 0.976. The fourth-order valence-electron chi connectivity index (χ4n) is 1.55. The van der Waals surface area contributed by atoms with Crippen LogP contribution in [-0.2, 0) is 11.3 Å². The van der Waals surface area contributed by atoms with Gasteiger partial charge in [0.05, 0.1) is 6.54 Å². The highest BCUT2D eigenvalue weighted by Gasteiger charge is 2.08. The quantitative estimate of drug-likeness (QED) is 0.753. The van der Waals surface area contributed by atoms with Crippen LogP contribution in [0.4, 0.5) is 10.1 Å². The molecule has 0 atom stereocenters. The first-order valence-electron chi connectivity index (χ1n) is 5.52. The molecule has 94 valence electrons. The molecule has 0 bridgehead atoms. The molecule has 0 aliphatic heterocycles. The lowest BCUT2D eigenvalue weighted by molar-refractivity contribution is -0.121. The highest BCUT2D eigenvalue weighted by atomic mass is 19.1. The summed E-state index contributed by atoms with van der Waals surface area (Å²) in [6, 6.07) is 4.29. The first kappa shape index (κ1) is 13.4. The van der Waals surface area contributed by atoms with Crippen LogP contribution in [0.3, 0.4) is 0 Å². The van der Waals surface area contributed by atoms with E-state index in [0.717, 1.165) is 5.56 Å². The molecule has 0 aliphatic rings. The average Bonchev–Trinajstić information content (AvgIpc) is 2.22. The second kappa shape index (κ2) is 6.20. The monoisotopic (exact) mass is 239 g/mol. The number of halogens is 1. The van der Waals surface area contributed by atoms with Crippen LogP contribution >= 0.6 is 0 Å². The summed E-state index contributed by atoms with van der Waals surface area (Å²) in [5.74, 6) is -0.381. The molecule has 0 aliphatic carbocycles. The number of anilines is 1. The third-order valence-electron chi connectivity index (χ3n) is 2.34. The molecule has 0 unspecified atom stereocenters. The summed E-state index contributed by atoms with van der Waals surface area (Å²) in [7, 11) is 1.82. The minimum absolute atomic E-state index is 0.0318. The molecule has 0 saturated carbocycles. The van der Waals surface area contributed by atoms with Crippen LogP contribution in [-0.4, -0.2) is 30.9 Å². The highest BCUT2D eigenvalue weighted by Crippen LogP contribution is 2.14. The first-order chi connectivity index (χ1) is 8.02. The average molecular weight is 239 g/mol. The normalized spacial score (nSPS) is 10.6. The van der Waals surface area contributed by atoms with Crippen LogP contribution in [0.1, 0.15) is 12.5 Å². The van der Waals surface area contributed by atoms with Gasteiger partial charge in [0.2, 0.25) is 5.91 Å². The van der Waals surface area contributed by atoms with Gasteiger partial charge in [-0.2, -0.15) is 0 Å². The van der Waals surface area contributed by atoms with Crippen LogP contribution in [0.5, 0.6) is 0 Å². The molecule has 5 heteroatoms. The fourth-order valence-corrected chi connectivity index (χ4v) is 1.55. The second-order valence-corrected chi connectivity index (χ2v) is 3.97. The van der Waals surface area contributed by atoms with E-state index in [1.54, 1.807) is 6.07 Å². The Morgan fingerprint density at radius 1 is 1.53 bits per heavy atom. The summed E-state index contributed by atoms with van der Waals surface area (Å²) in [5, 5.41) is 2.71. The number of nitrogens with zero attached hydrogens (tertiary/aromatic N) is 1. The van der Waals surface area contributed by atoms with Gasteiger partial charge in [0.1, 0.15) is 5.82 Å². The van der Waals surface area contributed by atoms with Gasteiger partial charge in [0.25, 0.3) is 0 Å². The van der Waals surface area contributed by atoms with Crippen molar-refractivity contribution in [2.75, 3.05) is 25.9 Å². The van der Waals surface area contributed by atoms with Gasteiger partial charge in [0, 0.05) is 18.8 Å². The summed E-state index contributed by atoms with van der Waals surface area (Å²) in [6.07, 6.45) is 0. The van der Waals surface area contributed by atoms with E-state index in [2.05, 4.69) is 5.32 Å². The molecule has 0 spiro atoms. The van der Waals surface area contributed by atoms with Crippen molar-refractivity contribution in [3.8, 4) is 0 Å². The molecule has 4 nitrogen and oxygen atoms in total. The molecule has 1 amide bonds. The number of amides is 1. The zero-order chi connectivity index (χ0) is 12.8. The van der Waals surface area contributed by atoms with Crippen molar-refractivity contribution in [3.63, 3.8) is 0 Å². The van der Waals surface area contributed by atoms with Crippen molar-refractivity contribution in [3.05, 3.63) is 29.6 Å². The predicted molar refractivity (Wildman–Crippen MR) is 65.8 cm³/mol. The van der Waals surface area contributed by atoms with Crippen LogP contribution in [0.15, 0.2) is 18.2 Å². The van der Waals surface area contributed by atoms with Gasteiger partial charge < -0.3 is 11.1 Å². The maximum absolute atomic E-state index is 12.8. The summed E-state index contributed by atoms with van der Waals surface area (Å²) in [6.45, 7) is 3.30. The van der Waals surface area contributed by atoms with Gasteiger partial charge >= 0.3 is 0 Å². The minimum Gasteiger partial charge on any atom is -0.398 e. The van der Waals surface area contributed by atoms with Crippen molar-refractivity contribution in [2.24, 2.45) is 0 Å². The third kappa shape index (κ3) is 4.40. The standard InChI is InChI=1S/C12H18FN3O/c1-3-15-12(17)8-16(2)7-9-4-5-10(13)6-11(9)14/h4-6H,3,7-8,14H2,1-2H3,(H,15,17). The summed E-state index contributed by atoms with van der Waals surface area (Å²) in [4.78, 5) is 13.2. The number of nitrogens with two attached hydrogens (primary N) is 1. The number of benzene rings is 1. The van der Waals surface area contributed by atoms with E-state index >= 15 is 0 Å². The van der Waals surface area contributed by atoms with E-state index in [4.69, 9.17) is 5.73 Å². The number of rotatable bonds is 5. The fraction of sp³-hybridized carbons (Fsp3) is 0.417. The van der Waals surface area contributed by atoms with Gasteiger partial charge in [-0.3, -0.25) is 9.69 Å². The van der Waals surface area contributed by atoms with Crippen LogP contribution in [0.2, 0.25) is 0 Å². The number of nitrogens with one attached hydrogen (secondary N) is 1. The Labute approximate surface area is 101 Å². The lowest BCUT2D eigenvalue weighted by atomic mass is 10.1. The van der Waals surface area contributed by atoms with Gasteiger partial charge in [-0.05, 0) is 31.7 Å². The largest absolute Gasteiger partial charge is 0.398 e. The molecule has 0 aromatic heterocycles. The van der Waals surface area contributed by atoms with Gasteiger partial charge in [-0.1, -0.05) is 6.07 Å². The summed E-state index contributed by atoms with van der Waals surface area (Å²) in [5.41, 5.74) is 6.92. The molecular weight excluding hydrogens is 221 g/mol. The SMILES string of the molecule is CCNC(=O)CN(C)Cc1ccc(F)cc1N. The van der Waals surface area contributed by atoms with Crippen molar-refractivity contribution in [2.45, 2.75) is 13.5 Å². The van der Waals surface area contributed by atoms with E-state index in [-0.39, 0.29) is 11.7 Å². The maximum atomic E-state index is 12.8. The molecule has 1 aromatic rings. The van der Waals surface area contributed by atoms with Gasteiger partial charge in [0.15, 0.2) is 0 Å². The van der Waals surface area contributed by atoms with Gasteiger partial charge in [-0.15, -0.1) is 0 Å². The number of hydrogen-bond acceptors (Lipinski definition) is 3. The zero-order valence-corrected chi connectivity index (χ0v) is 10.2. The third-order valence-corrected chi connectivity index (χ3v) is 2.34. The van der Waals surface area contributed by atoms with Crippen LogP contribution in [0, 0.1) is 5.82 Å². The number of nitrogen functional groups attached to an aromatic ring is 1. The molecule has 1 aromatic carbocycles. The van der Waals surface area contributed by atoms with Crippen molar-refractivity contribution < 1.29 is 9.18 Å². The van der Waals surface area contributed by atoms with E-state index in [1.165, 1.54) is 12.1 Å². The molecule has 0 radical (unpaired) electrons. The Bertz CT molecular complexity index is 395. The van der Waals surface area contributed by atoms with E-state index in [1.807, 2.05) is 18.9 Å². The molecule has 0 saturated heterocycles. The van der Waals surface area contributed by atoms with Crippen molar-refractivity contribution in [1.29, 1.82) is 0 Å². The van der Waals surface area contributed by atoms with E-state index < -0.39 is 0 Å². The number of carbonyl (C=O) groups excluding carboxylic acids is 1.